The van der Waals surface area contributed by atoms with Gasteiger partial charge in [0.1, 0.15) is 5.82 Å². The standard InChI is InChI=1S/C13H16BrFN4/c1-18-3-2-8(6-18)7-19-12-5-10(15)9(14)4-11(12)17-13(19)16/h4-5,8H,2-3,6-7H2,1H3,(H2,16,17). The molecule has 1 saturated heterocycles. The summed E-state index contributed by atoms with van der Waals surface area (Å²) in [6.07, 6.45) is 1.15. The highest BCUT2D eigenvalue weighted by molar-refractivity contribution is 9.10. The maximum atomic E-state index is 13.7. The number of benzene rings is 1. The predicted molar refractivity (Wildman–Crippen MR) is 77.4 cm³/mol. The first kappa shape index (κ1) is 12.9. The first-order valence-corrected chi connectivity index (χ1v) is 7.13. The number of hydrogen-bond donors (Lipinski definition) is 1. The molecule has 102 valence electrons. The summed E-state index contributed by atoms with van der Waals surface area (Å²) in [6, 6.07) is 3.18. The van der Waals surface area contributed by atoms with Crippen LogP contribution in [-0.4, -0.2) is 34.6 Å². The van der Waals surface area contributed by atoms with E-state index in [1.165, 1.54) is 6.07 Å². The van der Waals surface area contributed by atoms with Gasteiger partial charge in [0.15, 0.2) is 0 Å². The quantitative estimate of drug-likeness (QED) is 0.922. The summed E-state index contributed by atoms with van der Waals surface area (Å²) in [5.41, 5.74) is 7.47. The van der Waals surface area contributed by atoms with Crippen molar-refractivity contribution in [3.63, 3.8) is 0 Å². The van der Waals surface area contributed by atoms with E-state index < -0.39 is 0 Å². The molecular weight excluding hydrogens is 311 g/mol. The van der Waals surface area contributed by atoms with E-state index in [9.17, 15) is 4.39 Å². The molecule has 2 N–H and O–H groups in total. The van der Waals surface area contributed by atoms with Gasteiger partial charge in [-0.15, -0.1) is 0 Å². The molecule has 2 aromatic rings. The minimum absolute atomic E-state index is 0.280. The maximum Gasteiger partial charge on any atom is 0.201 e. The third kappa shape index (κ3) is 2.34. The fourth-order valence-corrected chi connectivity index (χ4v) is 3.10. The highest BCUT2D eigenvalue weighted by atomic mass is 79.9. The van der Waals surface area contributed by atoms with E-state index in [-0.39, 0.29) is 5.82 Å². The van der Waals surface area contributed by atoms with Crippen LogP contribution >= 0.6 is 15.9 Å². The van der Waals surface area contributed by atoms with Gasteiger partial charge in [0.05, 0.1) is 15.5 Å². The van der Waals surface area contributed by atoms with Gasteiger partial charge >= 0.3 is 0 Å². The van der Waals surface area contributed by atoms with Crippen molar-refractivity contribution in [2.24, 2.45) is 5.92 Å². The van der Waals surface area contributed by atoms with Gasteiger partial charge < -0.3 is 15.2 Å². The van der Waals surface area contributed by atoms with E-state index in [0.29, 0.717) is 16.3 Å². The number of rotatable bonds is 2. The number of fused-ring (bicyclic) bond motifs is 1. The van der Waals surface area contributed by atoms with Crippen LogP contribution < -0.4 is 5.73 Å². The molecule has 3 rings (SSSR count). The summed E-state index contributed by atoms with van der Waals surface area (Å²) in [5.74, 6) is 0.732. The van der Waals surface area contributed by atoms with Gasteiger partial charge in [-0.25, -0.2) is 9.37 Å². The third-order valence-corrected chi connectivity index (χ3v) is 4.36. The van der Waals surface area contributed by atoms with Gasteiger partial charge in [-0.3, -0.25) is 0 Å². The van der Waals surface area contributed by atoms with Crippen LogP contribution in [0.1, 0.15) is 6.42 Å². The minimum atomic E-state index is -0.280. The van der Waals surface area contributed by atoms with Crippen molar-refractivity contribution in [3.8, 4) is 0 Å². The Labute approximate surface area is 119 Å². The third-order valence-electron chi connectivity index (χ3n) is 3.75. The molecule has 0 aliphatic carbocycles. The highest BCUT2D eigenvalue weighted by Gasteiger charge is 2.22. The molecule has 19 heavy (non-hydrogen) atoms. The fourth-order valence-electron chi connectivity index (χ4n) is 2.76. The molecule has 1 atom stereocenters. The Morgan fingerprint density at radius 2 is 2.32 bits per heavy atom. The zero-order chi connectivity index (χ0) is 13.6. The lowest BCUT2D eigenvalue weighted by Gasteiger charge is -2.13. The van der Waals surface area contributed by atoms with E-state index in [1.54, 1.807) is 6.07 Å². The molecule has 0 saturated carbocycles. The largest absolute Gasteiger partial charge is 0.369 e. The Morgan fingerprint density at radius 3 is 3.00 bits per heavy atom. The van der Waals surface area contributed by atoms with Crippen LogP contribution in [-0.2, 0) is 6.54 Å². The molecular formula is C13H16BrFN4. The zero-order valence-corrected chi connectivity index (χ0v) is 12.3. The van der Waals surface area contributed by atoms with Crippen molar-refractivity contribution in [2.75, 3.05) is 25.9 Å². The van der Waals surface area contributed by atoms with E-state index in [4.69, 9.17) is 5.73 Å². The maximum absolute atomic E-state index is 13.7. The van der Waals surface area contributed by atoms with Gasteiger partial charge in [-0.05, 0) is 47.9 Å². The molecule has 1 aliphatic heterocycles. The van der Waals surface area contributed by atoms with Gasteiger partial charge in [0.25, 0.3) is 0 Å². The Balaban J connectivity index is 1.98. The van der Waals surface area contributed by atoms with Crippen LogP contribution in [0.15, 0.2) is 16.6 Å². The van der Waals surface area contributed by atoms with Crippen molar-refractivity contribution in [1.29, 1.82) is 0 Å². The van der Waals surface area contributed by atoms with Gasteiger partial charge in [-0.1, -0.05) is 0 Å². The second kappa shape index (κ2) is 4.76. The van der Waals surface area contributed by atoms with Gasteiger partial charge in [0.2, 0.25) is 5.95 Å². The van der Waals surface area contributed by atoms with Gasteiger partial charge in [0, 0.05) is 19.2 Å². The number of anilines is 1. The van der Waals surface area contributed by atoms with E-state index in [1.807, 2.05) is 4.57 Å². The number of nitrogens with two attached hydrogens (primary N) is 1. The lowest BCUT2D eigenvalue weighted by atomic mass is 10.1. The second-order valence-electron chi connectivity index (χ2n) is 5.25. The molecule has 1 unspecified atom stereocenters. The second-order valence-corrected chi connectivity index (χ2v) is 6.11. The summed E-state index contributed by atoms with van der Waals surface area (Å²) in [7, 11) is 2.12. The number of hydrogen-bond acceptors (Lipinski definition) is 3. The Bertz CT molecular complexity index is 625. The normalized spacial score (nSPS) is 20.5. The topological polar surface area (TPSA) is 47.1 Å². The van der Waals surface area contributed by atoms with Crippen molar-refractivity contribution >= 4 is 32.9 Å². The van der Waals surface area contributed by atoms with E-state index >= 15 is 0 Å². The molecule has 4 nitrogen and oxygen atoms in total. The first-order valence-electron chi connectivity index (χ1n) is 6.34. The molecule has 0 amide bonds. The van der Waals surface area contributed by atoms with Crippen LogP contribution in [0.3, 0.4) is 0 Å². The minimum Gasteiger partial charge on any atom is -0.369 e. The highest BCUT2D eigenvalue weighted by Crippen LogP contribution is 2.27. The van der Waals surface area contributed by atoms with Crippen molar-refractivity contribution in [1.82, 2.24) is 14.5 Å². The van der Waals surface area contributed by atoms with E-state index in [0.717, 1.165) is 37.1 Å². The number of halogens is 2. The summed E-state index contributed by atoms with van der Waals surface area (Å²) in [4.78, 5) is 6.61. The Morgan fingerprint density at radius 1 is 1.53 bits per heavy atom. The lowest BCUT2D eigenvalue weighted by molar-refractivity contribution is 0.380. The number of likely N-dealkylation sites (tertiary alicyclic amines) is 1. The van der Waals surface area contributed by atoms with Crippen LogP contribution in [0, 0.1) is 11.7 Å². The van der Waals surface area contributed by atoms with Crippen molar-refractivity contribution < 1.29 is 4.39 Å². The molecule has 0 radical (unpaired) electrons. The molecule has 1 aliphatic rings. The number of nitrogen functional groups attached to an aromatic ring is 1. The monoisotopic (exact) mass is 326 g/mol. The van der Waals surface area contributed by atoms with Crippen molar-refractivity contribution in [3.05, 3.63) is 22.4 Å². The average molecular weight is 327 g/mol. The van der Waals surface area contributed by atoms with Crippen LogP contribution in [0.2, 0.25) is 0 Å². The molecule has 2 heterocycles. The number of aromatic nitrogens is 2. The summed E-state index contributed by atoms with van der Waals surface area (Å²) >= 11 is 3.17. The molecule has 1 aromatic heterocycles. The molecule has 0 spiro atoms. The van der Waals surface area contributed by atoms with Crippen LogP contribution in [0.5, 0.6) is 0 Å². The van der Waals surface area contributed by atoms with Crippen molar-refractivity contribution in [2.45, 2.75) is 13.0 Å². The summed E-state index contributed by atoms with van der Waals surface area (Å²) in [5, 5.41) is 0. The first-order chi connectivity index (χ1) is 9.04. The Kier molecular flexibility index (Phi) is 3.22. The average Bonchev–Trinajstić information content (AvgIpc) is 2.87. The van der Waals surface area contributed by atoms with E-state index in [2.05, 4.69) is 32.9 Å². The lowest BCUT2D eigenvalue weighted by Crippen LogP contribution is -2.17. The molecule has 1 aromatic carbocycles. The summed E-state index contributed by atoms with van der Waals surface area (Å²) < 4.78 is 16.0. The zero-order valence-electron chi connectivity index (χ0n) is 10.7. The van der Waals surface area contributed by atoms with Crippen LogP contribution in [0.4, 0.5) is 10.3 Å². The molecule has 6 heteroatoms. The SMILES string of the molecule is CN1CCC(Cn2c(N)nc3cc(Br)c(F)cc32)C1. The smallest absolute Gasteiger partial charge is 0.201 e. The van der Waals surface area contributed by atoms with Crippen LogP contribution in [0.25, 0.3) is 11.0 Å². The molecule has 0 bridgehead atoms. The molecule has 1 fully saturated rings. The fraction of sp³-hybridized carbons (Fsp3) is 0.462. The summed E-state index contributed by atoms with van der Waals surface area (Å²) in [6.45, 7) is 2.96. The number of imidazole rings is 1. The predicted octanol–water partition coefficient (Wildman–Crippen LogP) is 2.47. The van der Waals surface area contributed by atoms with Gasteiger partial charge in [-0.2, -0.15) is 0 Å². The Hall–Kier alpha value is -1.14. The number of nitrogens with zero attached hydrogens (tertiary/aromatic N) is 3.